The minimum atomic E-state index is -0.352. The third-order valence-corrected chi connectivity index (χ3v) is 5.22. The van der Waals surface area contributed by atoms with Crippen LogP contribution in [-0.2, 0) is 4.79 Å². The highest BCUT2D eigenvalue weighted by molar-refractivity contribution is 5.80. The van der Waals surface area contributed by atoms with Crippen molar-refractivity contribution in [2.75, 3.05) is 6.54 Å². The van der Waals surface area contributed by atoms with Gasteiger partial charge in [0, 0.05) is 24.2 Å². The van der Waals surface area contributed by atoms with Crippen LogP contribution in [0.15, 0.2) is 35.0 Å². The number of piperidine rings is 1. The van der Waals surface area contributed by atoms with Crippen molar-refractivity contribution in [3.8, 4) is 11.5 Å². The molecular formula is C18H21N3O3. The summed E-state index contributed by atoms with van der Waals surface area (Å²) < 4.78 is 6.16. The van der Waals surface area contributed by atoms with Crippen molar-refractivity contribution in [3.05, 3.63) is 35.6 Å². The second-order valence-electron chi connectivity index (χ2n) is 6.83. The lowest BCUT2D eigenvalue weighted by atomic mass is 9.76. The van der Waals surface area contributed by atoms with Crippen LogP contribution < -0.4 is 15.4 Å². The number of dihydropyridines is 1. The van der Waals surface area contributed by atoms with Gasteiger partial charge in [-0.3, -0.25) is 9.79 Å². The molecule has 126 valence electrons. The summed E-state index contributed by atoms with van der Waals surface area (Å²) in [5.74, 6) is 1.79. The van der Waals surface area contributed by atoms with E-state index in [9.17, 15) is 9.90 Å². The predicted molar refractivity (Wildman–Crippen MR) is 89.9 cm³/mol. The van der Waals surface area contributed by atoms with Gasteiger partial charge in [0.15, 0.2) is 0 Å². The zero-order chi connectivity index (χ0) is 16.7. The topological polar surface area (TPSA) is 83.0 Å². The van der Waals surface area contributed by atoms with Crippen LogP contribution in [0.2, 0.25) is 0 Å². The molecule has 6 nitrogen and oxygen atoms in total. The zero-order valence-electron chi connectivity index (χ0n) is 13.6. The fourth-order valence-corrected chi connectivity index (χ4v) is 3.45. The second kappa shape index (κ2) is 5.63. The van der Waals surface area contributed by atoms with Gasteiger partial charge >= 0.3 is 0 Å². The molecule has 2 saturated heterocycles. The average molecular weight is 327 g/mol. The van der Waals surface area contributed by atoms with Crippen LogP contribution in [-0.4, -0.2) is 29.9 Å². The molecule has 0 spiro atoms. The van der Waals surface area contributed by atoms with Crippen molar-refractivity contribution in [1.82, 2.24) is 10.6 Å². The van der Waals surface area contributed by atoms with Gasteiger partial charge in [0.1, 0.15) is 23.4 Å². The van der Waals surface area contributed by atoms with E-state index < -0.39 is 0 Å². The summed E-state index contributed by atoms with van der Waals surface area (Å²) in [7, 11) is 0. The molecule has 0 radical (unpaired) electrons. The number of hydrogen-bond acceptors (Lipinski definition) is 5. The number of aliphatic imine (C=N–C) groups is 1. The van der Waals surface area contributed by atoms with Gasteiger partial charge in [0.25, 0.3) is 0 Å². The van der Waals surface area contributed by atoms with Crippen LogP contribution in [0.1, 0.15) is 37.8 Å². The second-order valence-corrected chi connectivity index (χ2v) is 6.83. The Labute approximate surface area is 140 Å². The molecule has 3 atom stereocenters. The molecule has 0 aliphatic carbocycles. The molecule has 3 heterocycles. The highest BCUT2D eigenvalue weighted by atomic mass is 16.5. The fraction of sp³-hybridized carbons (Fsp3) is 0.444. The number of aromatic hydroxyl groups is 1. The molecule has 4 rings (SSSR count). The van der Waals surface area contributed by atoms with E-state index in [1.165, 1.54) is 0 Å². The highest BCUT2D eigenvalue weighted by Gasteiger charge is 2.45. The number of nitrogens with one attached hydrogen (secondary N) is 2. The first-order chi connectivity index (χ1) is 11.6. The van der Waals surface area contributed by atoms with E-state index in [4.69, 9.17) is 4.74 Å². The monoisotopic (exact) mass is 327 g/mol. The minimum Gasteiger partial charge on any atom is -0.508 e. The lowest BCUT2D eigenvalue weighted by molar-refractivity contribution is -0.125. The summed E-state index contributed by atoms with van der Waals surface area (Å²) in [4.78, 5) is 16.0. The standard InChI is InChI=1S/C18H21N3O3/c1-18-7-4-16(23)21-17(18)20-9-6-15(18)24-11-2-3-14(22)12(10-11)13-5-8-19-13/h2-3,6,9-10,13,17,19,22H,4-5,7-8H2,1H3,(H,21,23)/t13-,17?,18?/m0/s1. The molecule has 6 heteroatoms. The summed E-state index contributed by atoms with van der Waals surface area (Å²) in [6, 6.07) is 5.51. The Morgan fingerprint density at radius 1 is 1.42 bits per heavy atom. The van der Waals surface area contributed by atoms with E-state index in [0.717, 1.165) is 24.3 Å². The SMILES string of the molecule is CC12CCC(=O)NC1N=CC=C2Oc1ccc(O)c([C@@H]2CCN2)c1. The molecular weight excluding hydrogens is 306 g/mol. The first-order valence-electron chi connectivity index (χ1n) is 8.34. The summed E-state index contributed by atoms with van der Waals surface area (Å²) in [5.41, 5.74) is 0.512. The predicted octanol–water partition coefficient (Wildman–Crippen LogP) is 2.02. The van der Waals surface area contributed by atoms with Crippen molar-refractivity contribution in [3.63, 3.8) is 0 Å². The van der Waals surface area contributed by atoms with Crippen LogP contribution in [0.25, 0.3) is 0 Å². The number of rotatable bonds is 3. The molecule has 0 bridgehead atoms. The number of phenols is 1. The Kier molecular flexibility index (Phi) is 3.57. The van der Waals surface area contributed by atoms with E-state index in [1.807, 2.05) is 12.1 Å². The summed E-state index contributed by atoms with van der Waals surface area (Å²) in [5, 5.41) is 16.3. The van der Waals surface area contributed by atoms with Gasteiger partial charge in [0.05, 0.1) is 5.41 Å². The minimum absolute atomic E-state index is 0.0267. The van der Waals surface area contributed by atoms with Crippen LogP contribution in [0.4, 0.5) is 0 Å². The van der Waals surface area contributed by atoms with Gasteiger partial charge in [-0.25, -0.2) is 0 Å². The average Bonchev–Trinajstić information content (AvgIpc) is 2.51. The molecule has 2 fully saturated rings. The van der Waals surface area contributed by atoms with Crippen LogP contribution in [0.5, 0.6) is 11.5 Å². The Morgan fingerprint density at radius 3 is 3.00 bits per heavy atom. The van der Waals surface area contributed by atoms with E-state index in [-0.39, 0.29) is 29.3 Å². The quantitative estimate of drug-likeness (QED) is 0.793. The van der Waals surface area contributed by atoms with Crippen molar-refractivity contribution in [2.45, 2.75) is 38.4 Å². The number of phenolic OH excluding ortho intramolecular Hbond substituents is 1. The fourth-order valence-electron chi connectivity index (χ4n) is 3.45. The van der Waals surface area contributed by atoms with Gasteiger partial charge < -0.3 is 20.5 Å². The number of ether oxygens (including phenoxy) is 1. The first kappa shape index (κ1) is 15.2. The number of nitrogens with zero attached hydrogens (tertiary/aromatic N) is 1. The summed E-state index contributed by atoms with van der Waals surface area (Å²) >= 11 is 0. The molecule has 1 aromatic carbocycles. The van der Waals surface area contributed by atoms with Crippen LogP contribution in [0, 0.1) is 5.41 Å². The van der Waals surface area contributed by atoms with E-state index >= 15 is 0 Å². The van der Waals surface area contributed by atoms with Gasteiger partial charge in [-0.15, -0.1) is 0 Å². The number of amides is 1. The van der Waals surface area contributed by atoms with Gasteiger partial charge in [-0.05, 0) is 50.6 Å². The maximum absolute atomic E-state index is 11.6. The highest BCUT2D eigenvalue weighted by Crippen LogP contribution is 2.42. The van der Waals surface area contributed by atoms with E-state index in [1.54, 1.807) is 18.3 Å². The van der Waals surface area contributed by atoms with Crippen molar-refractivity contribution < 1.29 is 14.6 Å². The molecule has 2 unspecified atom stereocenters. The Bertz CT molecular complexity index is 739. The molecule has 3 N–H and O–H groups in total. The molecule has 3 aliphatic rings. The zero-order valence-corrected chi connectivity index (χ0v) is 13.6. The maximum Gasteiger partial charge on any atom is 0.221 e. The number of hydrogen-bond donors (Lipinski definition) is 3. The lowest BCUT2D eigenvalue weighted by Gasteiger charge is -2.41. The van der Waals surface area contributed by atoms with Crippen molar-refractivity contribution in [2.24, 2.45) is 10.4 Å². The smallest absolute Gasteiger partial charge is 0.221 e. The Hall–Kier alpha value is -2.34. The molecule has 0 saturated carbocycles. The van der Waals surface area contributed by atoms with E-state index in [2.05, 4.69) is 22.5 Å². The molecule has 3 aliphatic heterocycles. The number of fused-ring (bicyclic) bond motifs is 1. The third-order valence-electron chi connectivity index (χ3n) is 5.22. The molecule has 1 aromatic rings. The van der Waals surface area contributed by atoms with Gasteiger partial charge in [-0.2, -0.15) is 0 Å². The van der Waals surface area contributed by atoms with Crippen molar-refractivity contribution in [1.29, 1.82) is 0 Å². The van der Waals surface area contributed by atoms with Gasteiger partial charge in [0.2, 0.25) is 5.91 Å². The maximum atomic E-state index is 11.6. The molecule has 1 amide bonds. The largest absolute Gasteiger partial charge is 0.508 e. The first-order valence-corrected chi connectivity index (χ1v) is 8.34. The summed E-state index contributed by atoms with van der Waals surface area (Å²) in [6.45, 7) is 3.03. The number of benzene rings is 1. The van der Waals surface area contributed by atoms with Gasteiger partial charge in [-0.1, -0.05) is 0 Å². The normalized spacial score (nSPS) is 31.5. The lowest BCUT2D eigenvalue weighted by Crippen LogP contribution is -2.52. The van der Waals surface area contributed by atoms with E-state index in [0.29, 0.717) is 18.6 Å². The third kappa shape index (κ3) is 2.47. The Balaban J connectivity index is 1.59. The number of allylic oxidation sites excluding steroid dienone is 1. The Morgan fingerprint density at radius 2 is 2.25 bits per heavy atom. The van der Waals surface area contributed by atoms with Crippen LogP contribution >= 0.6 is 0 Å². The van der Waals surface area contributed by atoms with Crippen molar-refractivity contribution >= 4 is 12.1 Å². The summed E-state index contributed by atoms with van der Waals surface area (Å²) in [6.07, 6.45) is 5.43. The number of carbonyl (C=O) groups is 1. The number of carbonyl (C=O) groups excluding carboxylic acids is 1. The van der Waals surface area contributed by atoms with Crippen LogP contribution in [0.3, 0.4) is 0 Å². The molecule has 24 heavy (non-hydrogen) atoms. The molecule has 0 aromatic heterocycles.